The summed E-state index contributed by atoms with van der Waals surface area (Å²) in [5.74, 6) is 1.69. The highest BCUT2D eigenvalue weighted by molar-refractivity contribution is 5.11. The summed E-state index contributed by atoms with van der Waals surface area (Å²) in [5.41, 5.74) is 0. The predicted molar refractivity (Wildman–Crippen MR) is 53.0 cm³/mol. The molecule has 0 aromatic carbocycles. The van der Waals surface area contributed by atoms with Crippen molar-refractivity contribution in [3.05, 3.63) is 24.3 Å². The van der Waals surface area contributed by atoms with Gasteiger partial charge in [0.1, 0.15) is 0 Å². The molecule has 66 valence electrons. The minimum absolute atomic E-state index is 0.784. The number of rotatable bonds is 2. The maximum atomic E-state index is 2.47. The van der Waals surface area contributed by atoms with E-state index in [4.69, 9.17) is 0 Å². The second-order valence-corrected chi connectivity index (χ2v) is 4.11. The number of hydrogen-bond donors (Lipinski definition) is 0. The van der Waals surface area contributed by atoms with Crippen LogP contribution in [-0.4, -0.2) is 0 Å². The van der Waals surface area contributed by atoms with Crippen LogP contribution in [0.1, 0.15) is 38.5 Å². The van der Waals surface area contributed by atoms with E-state index in [0.29, 0.717) is 0 Å². The summed E-state index contributed by atoms with van der Waals surface area (Å²) in [6, 6.07) is 0. The quantitative estimate of drug-likeness (QED) is 0.543. The standard InChI is InChI=1S/C12H18/c1-2-5-11(6-3-1)9-10-12-7-4-8-12/h4,7,9-12H,1-3,5-6,8H2. The van der Waals surface area contributed by atoms with Crippen molar-refractivity contribution in [2.45, 2.75) is 38.5 Å². The topological polar surface area (TPSA) is 0 Å². The van der Waals surface area contributed by atoms with Gasteiger partial charge >= 0.3 is 0 Å². The zero-order valence-corrected chi connectivity index (χ0v) is 7.71. The molecule has 0 amide bonds. The Kier molecular flexibility index (Phi) is 2.65. The third-order valence-electron chi connectivity index (χ3n) is 3.07. The van der Waals surface area contributed by atoms with Gasteiger partial charge in [0.25, 0.3) is 0 Å². The van der Waals surface area contributed by atoms with Crippen LogP contribution in [0.15, 0.2) is 24.3 Å². The van der Waals surface area contributed by atoms with E-state index >= 15 is 0 Å². The van der Waals surface area contributed by atoms with Gasteiger partial charge in [-0.2, -0.15) is 0 Å². The molecule has 0 aromatic rings. The molecular formula is C12H18. The van der Waals surface area contributed by atoms with Crippen LogP contribution in [0.25, 0.3) is 0 Å². The summed E-state index contributed by atoms with van der Waals surface area (Å²) in [4.78, 5) is 0. The van der Waals surface area contributed by atoms with Crippen LogP contribution in [-0.2, 0) is 0 Å². The van der Waals surface area contributed by atoms with E-state index in [9.17, 15) is 0 Å². The van der Waals surface area contributed by atoms with Crippen molar-refractivity contribution < 1.29 is 0 Å². The maximum Gasteiger partial charge on any atom is -0.00189 e. The van der Waals surface area contributed by atoms with Crippen molar-refractivity contribution >= 4 is 0 Å². The summed E-state index contributed by atoms with van der Waals surface area (Å²) < 4.78 is 0. The van der Waals surface area contributed by atoms with Gasteiger partial charge < -0.3 is 0 Å². The van der Waals surface area contributed by atoms with E-state index in [1.54, 1.807) is 0 Å². The van der Waals surface area contributed by atoms with Crippen LogP contribution >= 0.6 is 0 Å². The predicted octanol–water partition coefficient (Wildman–Crippen LogP) is 3.70. The summed E-state index contributed by atoms with van der Waals surface area (Å²) in [6.45, 7) is 0. The normalized spacial score (nSPS) is 30.8. The molecule has 1 saturated carbocycles. The second kappa shape index (κ2) is 3.93. The highest BCUT2D eigenvalue weighted by Gasteiger charge is 2.11. The lowest BCUT2D eigenvalue weighted by atomic mass is 9.86. The van der Waals surface area contributed by atoms with E-state index in [2.05, 4.69) is 24.3 Å². The van der Waals surface area contributed by atoms with Crippen LogP contribution in [0.4, 0.5) is 0 Å². The molecule has 12 heavy (non-hydrogen) atoms. The molecular weight excluding hydrogens is 144 g/mol. The van der Waals surface area contributed by atoms with E-state index in [-0.39, 0.29) is 0 Å². The van der Waals surface area contributed by atoms with E-state index in [0.717, 1.165) is 11.8 Å². The smallest absolute Gasteiger partial charge is 0.00189 e. The number of hydrogen-bond acceptors (Lipinski definition) is 0. The Bertz CT molecular complexity index is 182. The van der Waals surface area contributed by atoms with Crippen LogP contribution in [0, 0.1) is 11.8 Å². The molecule has 1 fully saturated rings. The maximum absolute atomic E-state index is 2.47. The molecule has 0 heterocycles. The van der Waals surface area contributed by atoms with Crippen molar-refractivity contribution in [2.24, 2.45) is 11.8 Å². The molecule has 1 unspecified atom stereocenters. The fraction of sp³-hybridized carbons (Fsp3) is 0.667. The van der Waals surface area contributed by atoms with Gasteiger partial charge in [-0.3, -0.25) is 0 Å². The highest BCUT2D eigenvalue weighted by Crippen LogP contribution is 2.26. The van der Waals surface area contributed by atoms with Crippen molar-refractivity contribution in [1.29, 1.82) is 0 Å². The van der Waals surface area contributed by atoms with Crippen LogP contribution in [0.5, 0.6) is 0 Å². The van der Waals surface area contributed by atoms with Gasteiger partial charge in [0.2, 0.25) is 0 Å². The molecule has 0 aromatic heterocycles. The largest absolute Gasteiger partial charge is 0.0870 e. The minimum Gasteiger partial charge on any atom is -0.0870 e. The fourth-order valence-electron chi connectivity index (χ4n) is 2.06. The number of allylic oxidation sites excluding steroid dienone is 4. The lowest BCUT2D eigenvalue weighted by Crippen LogP contribution is -2.04. The average Bonchev–Trinajstić information content (AvgIpc) is 2.04. The Morgan fingerprint density at radius 2 is 1.75 bits per heavy atom. The van der Waals surface area contributed by atoms with E-state index in [1.165, 1.54) is 38.5 Å². The third-order valence-corrected chi connectivity index (χ3v) is 3.07. The van der Waals surface area contributed by atoms with Crippen LogP contribution < -0.4 is 0 Å². The lowest BCUT2D eigenvalue weighted by molar-refractivity contribution is 0.418. The molecule has 0 spiro atoms. The summed E-state index contributed by atoms with van der Waals surface area (Å²) >= 11 is 0. The zero-order valence-electron chi connectivity index (χ0n) is 7.71. The molecule has 0 saturated heterocycles. The van der Waals surface area contributed by atoms with Gasteiger partial charge in [-0.05, 0) is 31.1 Å². The summed E-state index contributed by atoms with van der Waals surface area (Å²) in [7, 11) is 0. The Morgan fingerprint density at radius 1 is 1.00 bits per heavy atom. The average molecular weight is 162 g/mol. The fourth-order valence-corrected chi connectivity index (χ4v) is 2.06. The molecule has 2 rings (SSSR count). The van der Waals surface area contributed by atoms with Crippen LogP contribution in [0.2, 0.25) is 0 Å². The van der Waals surface area contributed by atoms with Crippen LogP contribution in [0.3, 0.4) is 0 Å². The molecule has 2 aliphatic carbocycles. The Hall–Kier alpha value is -0.520. The lowest BCUT2D eigenvalue weighted by Gasteiger charge is -2.19. The molecule has 0 radical (unpaired) electrons. The van der Waals surface area contributed by atoms with Gasteiger partial charge in [-0.25, -0.2) is 0 Å². The minimum atomic E-state index is 0.784. The molecule has 2 aliphatic rings. The second-order valence-electron chi connectivity index (χ2n) is 4.11. The first kappa shape index (κ1) is 8.10. The van der Waals surface area contributed by atoms with Gasteiger partial charge in [0, 0.05) is 0 Å². The third kappa shape index (κ3) is 2.00. The Balaban J connectivity index is 1.76. The van der Waals surface area contributed by atoms with Crippen molar-refractivity contribution in [1.82, 2.24) is 0 Å². The van der Waals surface area contributed by atoms with Crippen molar-refractivity contribution in [2.75, 3.05) is 0 Å². The Labute approximate surface area is 75.4 Å². The molecule has 1 atom stereocenters. The summed E-state index contributed by atoms with van der Waals surface area (Å²) in [5, 5.41) is 0. The van der Waals surface area contributed by atoms with Gasteiger partial charge in [0.15, 0.2) is 0 Å². The van der Waals surface area contributed by atoms with Gasteiger partial charge in [-0.1, -0.05) is 43.6 Å². The molecule has 0 heteroatoms. The summed E-state index contributed by atoms with van der Waals surface area (Å²) in [6.07, 6.45) is 18.0. The highest BCUT2D eigenvalue weighted by atomic mass is 14.2. The van der Waals surface area contributed by atoms with E-state index < -0.39 is 0 Å². The van der Waals surface area contributed by atoms with Gasteiger partial charge in [-0.15, -0.1) is 0 Å². The molecule has 0 bridgehead atoms. The molecule has 0 nitrogen and oxygen atoms in total. The first-order valence-electron chi connectivity index (χ1n) is 5.30. The molecule has 0 N–H and O–H groups in total. The zero-order chi connectivity index (χ0) is 8.23. The monoisotopic (exact) mass is 162 g/mol. The molecule has 0 aliphatic heterocycles. The first-order chi connectivity index (χ1) is 5.95. The van der Waals surface area contributed by atoms with Crippen molar-refractivity contribution in [3.63, 3.8) is 0 Å². The van der Waals surface area contributed by atoms with E-state index in [1.807, 2.05) is 0 Å². The first-order valence-corrected chi connectivity index (χ1v) is 5.30. The van der Waals surface area contributed by atoms with Gasteiger partial charge in [0.05, 0.1) is 0 Å². The Morgan fingerprint density at radius 3 is 2.33 bits per heavy atom. The SMILES string of the molecule is C1=CC(C=CC2CCCCC2)C1. The van der Waals surface area contributed by atoms with Crippen molar-refractivity contribution in [3.8, 4) is 0 Å².